The molecule has 0 fully saturated rings. The standard InChI is InChI=1S/C11H10BrFN2/c1-2-15-10(7-14-11(15)12)8-3-5-9(13)6-4-8/h3-7H,2H2,1H3. The van der Waals surface area contributed by atoms with Crippen LogP contribution in [0, 0.1) is 5.82 Å². The molecule has 4 heteroatoms. The third-order valence-corrected chi connectivity index (χ3v) is 2.90. The third-order valence-electron chi connectivity index (χ3n) is 2.26. The van der Waals surface area contributed by atoms with Crippen LogP contribution in [0.4, 0.5) is 4.39 Å². The van der Waals surface area contributed by atoms with Crippen LogP contribution in [0.3, 0.4) is 0 Å². The van der Waals surface area contributed by atoms with E-state index in [9.17, 15) is 4.39 Å². The van der Waals surface area contributed by atoms with E-state index in [4.69, 9.17) is 0 Å². The summed E-state index contributed by atoms with van der Waals surface area (Å²) in [6.45, 7) is 2.87. The lowest BCUT2D eigenvalue weighted by atomic mass is 10.1. The van der Waals surface area contributed by atoms with Gasteiger partial charge < -0.3 is 4.57 Å². The third kappa shape index (κ3) is 1.95. The molecule has 0 atom stereocenters. The molecule has 1 heterocycles. The van der Waals surface area contributed by atoms with E-state index in [0.717, 1.165) is 22.5 Å². The Morgan fingerprint density at radius 2 is 2.00 bits per heavy atom. The number of aromatic nitrogens is 2. The van der Waals surface area contributed by atoms with Crippen molar-refractivity contribution in [2.24, 2.45) is 0 Å². The number of rotatable bonds is 2. The normalized spacial score (nSPS) is 10.6. The van der Waals surface area contributed by atoms with Gasteiger partial charge in [-0.3, -0.25) is 0 Å². The molecule has 2 rings (SSSR count). The van der Waals surface area contributed by atoms with Gasteiger partial charge in [0, 0.05) is 6.54 Å². The molecule has 0 spiro atoms. The number of imidazole rings is 1. The molecule has 0 N–H and O–H groups in total. The molecule has 0 amide bonds. The minimum absolute atomic E-state index is 0.222. The molecule has 0 saturated heterocycles. The van der Waals surface area contributed by atoms with Gasteiger partial charge in [0.05, 0.1) is 11.9 Å². The predicted molar refractivity (Wildman–Crippen MR) is 61.0 cm³/mol. The van der Waals surface area contributed by atoms with Gasteiger partial charge in [-0.15, -0.1) is 0 Å². The molecule has 0 aliphatic heterocycles. The topological polar surface area (TPSA) is 17.8 Å². The zero-order chi connectivity index (χ0) is 10.8. The largest absolute Gasteiger partial charge is 0.319 e. The van der Waals surface area contributed by atoms with Crippen molar-refractivity contribution in [3.05, 3.63) is 41.0 Å². The van der Waals surface area contributed by atoms with Gasteiger partial charge in [0.1, 0.15) is 5.82 Å². The Hall–Kier alpha value is -1.16. The van der Waals surface area contributed by atoms with Crippen molar-refractivity contribution in [3.8, 4) is 11.3 Å². The van der Waals surface area contributed by atoms with Crippen LogP contribution in [0.15, 0.2) is 35.2 Å². The van der Waals surface area contributed by atoms with E-state index >= 15 is 0 Å². The van der Waals surface area contributed by atoms with Gasteiger partial charge in [-0.05, 0) is 52.7 Å². The summed E-state index contributed by atoms with van der Waals surface area (Å²) in [6.07, 6.45) is 1.78. The summed E-state index contributed by atoms with van der Waals surface area (Å²) in [7, 11) is 0. The highest BCUT2D eigenvalue weighted by atomic mass is 79.9. The molecule has 0 radical (unpaired) electrons. The van der Waals surface area contributed by atoms with Crippen molar-refractivity contribution in [1.82, 2.24) is 9.55 Å². The molecule has 78 valence electrons. The number of halogens is 2. The van der Waals surface area contributed by atoms with E-state index in [-0.39, 0.29) is 5.82 Å². The molecular formula is C11H10BrFN2. The Kier molecular flexibility index (Phi) is 2.86. The summed E-state index contributed by atoms with van der Waals surface area (Å²) < 4.78 is 15.6. The zero-order valence-corrected chi connectivity index (χ0v) is 9.83. The molecular weight excluding hydrogens is 259 g/mol. The zero-order valence-electron chi connectivity index (χ0n) is 8.24. The number of nitrogens with zero attached hydrogens (tertiary/aromatic N) is 2. The monoisotopic (exact) mass is 268 g/mol. The fourth-order valence-corrected chi connectivity index (χ4v) is 2.05. The average molecular weight is 269 g/mol. The van der Waals surface area contributed by atoms with E-state index in [1.165, 1.54) is 12.1 Å². The van der Waals surface area contributed by atoms with Gasteiger partial charge >= 0.3 is 0 Å². The first-order valence-electron chi connectivity index (χ1n) is 4.69. The molecule has 1 aromatic carbocycles. The Bertz CT molecular complexity index is 462. The molecule has 0 saturated carbocycles. The summed E-state index contributed by atoms with van der Waals surface area (Å²) in [5, 5.41) is 0. The van der Waals surface area contributed by atoms with Gasteiger partial charge in [-0.25, -0.2) is 9.37 Å². The minimum atomic E-state index is -0.222. The molecule has 2 aromatic rings. The number of hydrogen-bond acceptors (Lipinski definition) is 1. The van der Waals surface area contributed by atoms with E-state index < -0.39 is 0 Å². The van der Waals surface area contributed by atoms with Crippen LogP contribution in [0.5, 0.6) is 0 Å². The van der Waals surface area contributed by atoms with E-state index in [1.807, 2.05) is 11.5 Å². The van der Waals surface area contributed by atoms with Gasteiger partial charge in [0.25, 0.3) is 0 Å². The van der Waals surface area contributed by atoms with Gasteiger partial charge in [-0.1, -0.05) is 0 Å². The van der Waals surface area contributed by atoms with E-state index in [2.05, 4.69) is 20.9 Å². The Morgan fingerprint density at radius 3 is 2.60 bits per heavy atom. The number of benzene rings is 1. The van der Waals surface area contributed by atoms with Gasteiger partial charge in [-0.2, -0.15) is 0 Å². The van der Waals surface area contributed by atoms with Crippen LogP contribution in [0.25, 0.3) is 11.3 Å². The molecule has 0 aliphatic carbocycles. The lowest BCUT2D eigenvalue weighted by molar-refractivity contribution is 0.628. The predicted octanol–water partition coefficient (Wildman–Crippen LogP) is 3.47. The second kappa shape index (κ2) is 4.14. The maximum absolute atomic E-state index is 12.8. The summed E-state index contributed by atoms with van der Waals surface area (Å²) in [4.78, 5) is 4.17. The summed E-state index contributed by atoms with van der Waals surface area (Å²) in [6, 6.07) is 6.42. The first-order valence-corrected chi connectivity index (χ1v) is 5.48. The van der Waals surface area contributed by atoms with Crippen LogP contribution in [-0.4, -0.2) is 9.55 Å². The highest BCUT2D eigenvalue weighted by Gasteiger charge is 2.07. The maximum Gasteiger partial charge on any atom is 0.177 e. The van der Waals surface area contributed by atoms with Crippen LogP contribution >= 0.6 is 15.9 Å². The second-order valence-electron chi connectivity index (χ2n) is 3.16. The highest BCUT2D eigenvalue weighted by Crippen LogP contribution is 2.23. The minimum Gasteiger partial charge on any atom is -0.319 e. The maximum atomic E-state index is 12.8. The second-order valence-corrected chi connectivity index (χ2v) is 3.87. The van der Waals surface area contributed by atoms with Crippen LogP contribution < -0.4 is 0 Å². The fourth-order valence-electron chi connectivity index (χ4n) is 1.51. The Morgan fingerprint density at radius 1 is 1.33 bits per heavy atom. The lowest BCUT2D eigenvalue weighted by Gasteiger charge is -2.06. The Labute approximate surface area is 95.9 Å². The molecule has 0 bridgehead atoms. The number of hydrogen-bond donors (Lipinski definition) is 0. The van der Waals surface area contributed by atoms with Crippen molar-refractivity contribution in [2.45, 2.75) is 13.5 Å². The SMILES string of the molecule is CCn1c(-c2ccc(F)cc2)cnc1Br. The molecule has 0 aliphatic rings. The van der Waals surface area contributed by atoms with Crippen LogP contribution in [-0.2, 0) is 6.54 Å². The molecule has 1 aromatic heterocycles. The first kappa shape index (κ1) is 10.4. The first-order chi connectivity index (χ1) is 7.22. The van der Waals surface area contributed by atoms with Crippen molar-refractivity contribution in [3.63, 3.8) is 0 Å². The molecule has 2 nitrogen and oxygen atoms in total. The molecule has 15 heavy (non-hydrogen) atoms. The van der Waals surface area contributed by atoms with Gasteiger partial charge in [0.15, 0.2) is 4.73 Å². The van der Waals surface area contributed by atoms with Crippen molar-refractivity contribution >= 4 is 15.9 Å². The fraction of sp³-hybridized carbons (Fsp3) is 0.182. The highest BCUT2D eigenvalue weighted by molar-refractivity contribution is 9.10. The van der Waals surface area contributed by atoms with Crippen molar-refractivity contribution in [1.29, 1.82) is 0 Å². The lowest BCUT2D eigenvalue weighted by Crippen LogP contribution is -1.96. The van der Waals surface area contributed by atoms with Crippen molar-refractivity contribution in [2.75, 3.05) is 0 Å². The summed E-state index contributed by atoms with van der Waals surface area (Å²) in [5.41, 5.74) is 1.96. The van der Waals surface area contributed by atoms with Crippen molar-refractivity contribution < 1.29 is 4.39 Å². The smallest absolute Gasteiger partial charge is 0.177 e. The Balaban J connectivity index is 2.49. The summed E-state index contributed by atoms with van der Waals surface area (Å²) in [5.74, 6) is -0.222. The van der Waals surface area contributed by atoms with E-state index in [0.29, 0.717) is 0 Å². The quantitative estimate of drug-likeness (QED) is 0.816. The van der Waals surface area contributed by atoms with E-state index in [1.54, 1.807) is 18.3 Å². The average Bonchev–Trinajstić information content (AvgIpc) is 2.61. The van der Waals surface area contributed by atoms with Gasteiger partial charge in [0.2, 0.25) is 0 Å². The summed E-state index contributed by atoms with van der Waals surface area (Å²) >= 11 is 3.37. The van der Waals surface area contributed by atoms with Crippen LogP contribution in [0.1, 0.15) is 6.92 Å². The molecule has 0 unspecified atom stereocenters. The van der Waals surface area contributed by atoms with Crippen LogP contribution in [0.2, 0.25) is 0 Å².